The van der Waals surface area contributed by atoms with E-state index in [1.165, 1.54) is 6.33 Å². The van der Waals surface area contributed by atoms with Gasteiger partial charge in [0.2, 0.25) is 0 Å². The van der Waals surface area contributed by atoms with Crippen LogP contribution in [0.2, 0.25) is 0 Å². The van der Waals surface area contributed by atoms with Gasteiger partial charge < -0.3 is 0 Å². The van der Waals surface area contributed by atoms with Crippen LogP contribution in [0.3, 0.4) is 0 Å². The minimum Gasteiger partial charge on any atom is -0.289 e. The largest absolute Gasteiger partial charge is 0.289 e. The number of ketones is 1. The lowest BCUT2D eigenvalue weighted by molar-refractivity contribution is 0.104. The molecule has 0 unspecified atom stereocenters. The normalized spacial score (nSPS) is 11.0. The Kier molecular flexibility index (Phi) is 4.25. The summed E-state index contributed by atoms with van der Waals surface area (Å²) in [5.41, 5.74) is 2.54. The number of hydrogen-bond acceptors (Lipinski definition) is 3. The quantitative estimate of drug-likeness (QED) is 0.527. The lowest BCUT2D eigenvalue weighted by atomic mass is 10.1. The van der Waals surface area contributed by atoms with E-state index < -0.39 is 0 Å². The van der Waals surface area contributed by atoms with Crippen LogP contribution >= 0.6 is 15.9 Å². The molecule has 1 heterocycles. The van der Waals surface area contributed by atoms with Gasteiger partial charge in [0.15, 0.2) is 5.78 Å². The molecular formula is C17H12BrN3O. The van der Waals surface area contributed by atoms with Crippen LogP contribution in [-0.2, 0) is 0 Å². The first-order valence-corrected chi connectivity index (χ1v) is 7.45. The lowest BCUT2D eigenvalue weighted by Gasteiger charge is -2.00. The van der Waals surface area contributed by atoms with E-state index in [9.17, 15) is 4.79 Å². The minimum absolute atomic E-state index is 0.0205. The smallest absolute Gasteiger partial charge is 0.185 e. The summed E-state index contributed by atoms with van der Waals surface area (Å²) >= 11 is 3.35. The fraction of sp³-hybridized carbons (Fsp3) is 0. The molecule has 0 aliphatic rings. The van der Waals surface area contributed by atoms with Gasteiger partial charge in [0.05, 0.1) is 5.69 Å². The average Bonchev–Trinajstić information content (AvgIpc) is 3.08. The van der Waals surface area contributed by atoms with E-state index in [1.54, 1.807) is 35.3 Å². The van der Waals surface area contributed by atoms with Crippen molar-refractivity contribution < 1.29 is 4.79 Å². The van der Waals surface area contributed by atoms with Crippen molar-refractivity contribution in [2.75, 3.05) is 0 Å². The van der Waals surface area contributed by atoms with Crippen LogP contribution < -0.4 is 0 Å². The Morgan fingerprint density at radius 1 is 1.05 bits per heavy atom. The third kappa shape index (κ3) is 3.38. The summed E-state index contributed by atoms with van der Waals surface area (Å²) in [4.78, 5) is 16.0. The Balaban J connectivity index is 1.72. The molecule has 0 fully saturated rings. The molecule has 0 atom stereocenters. The molecule has 3 aromatic rings. The number of carbonyl (C=O) groups is 1. The Labute approximate surface area is 136 Å². The maximum Gasteiger partial charge on any atom is 0.185 e. The van der Waals surface area contributed by atoms with Crippen LogP contribution in [0.1, 0.15) is 15.9 Å². The molecule has 22 heavy (non-hydrogen) atoms. The van der Waals surface area contributed by atoms with Gasteiger partial charge in [-0.1, -0.05) is 34.1 Å². The van der Waals surface area contributed by atoms with Crippen molar-refractivity contribution in [2.45, 2.75) is 0 Å². The Bertz CT molecular complexity index is 791. The molecule has 0 saturated heterocycles. The molecule has 0 radical (unpaired) electrons. The first-order chi connectivity index (χ1) is 10.7. The second kappa shape index (κ2) is 6.49. The molecule has 0 aliphatic carbocycles. The zero-order chi connectivity index (χ0) is 15.4. The van der Waals surface area contributed by atoms with Crippen molar-refractivity contribution in [1.82, 2.24) is 14.8 Å². The predicted molar refractivity (Wildman–Crippen MR) is 88.9 cm³/mol. The monoisotopic (exact) mass is 353 g/mol. The maximum absolute atomic E-state index is 12.1. The van der Waals surface area contributed by atoms with E-state index >= 15 is 0 Å². The fourth-order valence-corrected chi connectivity index (χ4v) is 2.23. The average molecular weight is 354 g/mol. The molecule has 0 N–H and O–H groups in total. The highest BCUT2D eigenvalue weighted by atomic mass is 79.9. The van der Waals surface area contributed by atoms with Gasteiger partial charge in [-0.05, 0) is 48.0 Å². The van der Waals surface area contributed by atoms with E-state index in [0.717, 1.165) is 15.7 Å². The molecular weight excluding hydrogens is 342 g/mol. The highest BCUT2D eigenvalue weighted by Crippen LogP contribution is 2.13. The molecule has 0 saturated carbocycles. The van der Waals surface area contributed by atoms with Crippen LogP contribution in [0.5, 0.6) is 0 Å². The number of carbonyl (C=O) groups excluding carboxylic acids is 1. The number of halogens is 1. The molecule has 1 aromatic heterocycles. The van der Waals surface area contributed by atoms with Gasteiger partial charge >= 0.3 is 0 Å². The fourth-order valence-electron chi connectivity index (χ4n) is 1.96. The van der Waals surface area contributed by atoms with E-state index in [-0.39, 0.29) is 5.78 Å². The summed E-state index contributed by atoms with van der Waals surface area (Å²) in [7, 11) is 0. The van der Waals surface area contributed by atoms with Crippen molar-refractivity contribution in [1.29, 1.82) is 0 Å². The van der Waals surface area contributed by atoms with Crippen LogP contribution in [0, 0.1) is 0 Å². The topological polar surface area (TPSA) is 47.8 Å². The van der Waals surface area contributed by atoms with Gasteiger partial charge in [-0.15, -0.1) is 0 Å². The van der Waals surface area contributed by atoms with Crippen LogP contribution in [0.15, 0.2) is 71.7 Å². The van der Waals surface area contributed by atoms with E-state index in [2.05, 4.69) is 26.0 Å². The van der Waals surface area contributed by atoms with Crippen molar-refractivity contribution in [3.63, 3.8) is 0 Å². The summed E-state index contributed by atoms with van der Waals surface area (Å²) in [5, 5.41) is 4.07. The molecule has 3 rings (SSSR count). The number of benzene rings is 2. The van der Waals surface area contributed by atoms with Gasteiger partial charge in [0, 0.05) is 10.0 Å². The van der Waals surface area contributed by atoms with Crippen LogP contribution in [0.25, 0.3) is 11.8 Å². The SMILES string of the molecule is O=C(/C=C/c1ccc(-n2cncn2)cc1)c1ccc(Br)cc1. The molecule has 0 aliphatic heterocycles. The second-order valence-corrected chi connectivity index (χ2v) is 5.55. The summed E-state index contributed by atoms with van der Waals surface area (Å²) in [6.07, 6.45) is 6.51. The van der Waals surface area contributed by atoms with Crippen molar-refractivity contribution in [2.24, 2.45) is 0 Å². The van der Waals surface area contributed by atoms with Crippen LogP contribution in [0.4, 0.5) is 0 Å². The van der Waals surface area contributed by atoms with Gasteiger partial charge in [-0.25, -0.2) is 9.67 Å². The maximum atomic E-state index is 12.1. The standard InChI is InChI=1S/C17H12BrN3O/c18-15-6-4-14(5-7-15)17(22)10-3-13-1-8-16(9-2-13)21-12-19-11-20-21/h1-12H/b10-3+. The van der Waals surface area contributed by atoms with Gasteiger partial charge in [-0.3, -0.25) is 4.79 Å². The molecule has 0 amide bonds. The third-order valence-electron chi connectivity index (χ3n) is 3.13. The van der Waals surface area contributed by atoms with Gasteiger partial charge in [0.1, 0.15) is 12.7 Å². The molecule has 0 spiro atoms. The number of aromatic nitrogens is 3. The number of rotatable bonds is 4. The molecule has 0 bridgehead atoms. The summed E-state index contributed by atoms with van der Waals surface area (Å²) < 4.78 is 2.64. The number of hydrogen-bond donors (Lipinski definition) is 0. The summed E-state index contributed by atoms with van der Waals surface area (Å²) in [5.74, 6) is -0.0205. The second-order valence-electron chi connectivity index (χ2n) is 4.64. The Morgan fingerprint density at radius 2 is 1.77 bits per heavy atom. The molecule has 4 nitrogen and oxygen atoms in total. The van der Waals surface area contributed by atoms with Crippen LogP contribution in [-0.4, -0.2) is 20.5 Å². The first kappa shape index (κ1) is 14.4. The summed E-state index contributed by atoms with van der Waals surface area (Å²) in [6.45, 7) is 0. The Hall–Kier alpha value is -2.53. The predicted octanol–water partition coefficient (Wildman–Crippen LogP) is 3.93. The van der Waals surface area contributed by atoms with E-state index in [1.807, 2.05) is 36.4 Å². The zero-order valence-corrected chi connectivity index (χ0v) is 13.1. The van der Waals surface area contributed by atoms with Crippen molar-refractivity contribution in [3.8, 4) is 5.69 Å². The van der Waals surface area contributed by atoms with Gasteiger partial charge in [0.25, 0.3) is 0 Å². The number of nitrogens with zero attached hydrogens (tertiary/aromatic N) is 3. The van der Waals surface area contributed by atoms with E-state index in [4.69, 9.17) is 0 Å². The van der Waals surface area contributed by atoms with Crippen molar-refractivity contribution >= 4 is 27.8 Å². The third-order valence-corrected chi connectivity index (χ3v) is 3.66. The molecule has 108 valence electrons. The first-order valence-electron chi connectivity index (χ1n) is 6.65. The van der Waals surface area contributed by atoms with Crippen molar-refractivity contribution in [3.05, 3.63) is 82.9 Å². The van der Waals surface area contributed by atoms with E-state index in [0.29, 0.717) is 5.56 Å². The van der Waals surface area contributed by atoms with Gasteiger partial charge in [-0.2, -0.15) is 5.10 Å². The Morgan fingerprint density at radius 3 is 2.41 bits per heavy atom. The minimum atomic E-state index is -0.0205. The highest BCUT2D eigenvalue weighted by Gasteiger charge is 2.01. The number of allylic oxidation sites excluding steroid dienone is 1. The zero-order valence-electron chi connectivity index (χ0n) is 11.6. The summed E-state index contributed by atoms with van der Waals surface area (Å²) in [6, 6.07) is 15.0. The molecule has 5 heteroatoms. The molecule has 2 aromatic carbocycles. The lowest BCUT2D eigenvalue weighted by Crippen LogP contribution is -1.94. The highest BCUT2D eigenvalue weighted by molar-refractivity contribution is 9.10.